The molecule has 34 valence electrons. The second-order valence-corrected chi connectivity index (χ2v) is 239. The van der Waals surface area contributed by atoms with Gasteiger partial charge in [0.05, 0.1) is 0 Å². The molecule has 0 radical (unpaired) electrons. The molecule has 0 rings (SSSR count). The van der Waals surface area contributed by atoms with Crippen molar-refractivity contribution >= 4 is 173 Å². The molecule has 0 atom stereocenters. The molecule has 0 saturated heterocycles. The van der Waals surface area contributed by atoms with E-state index in [1.165, 1.54) is 0 Å². The molecule has 7 heavy (non-hydrogen) atoms. The van der Waals surface area contributed by atoms with Crippen LogP contribution in [0.25, 0.3) is 0 Å². The number of hydrogen-bond donors (Lipinski definition) is 0. The fourth-order valence-electron chi connectivity index (χ4n) is 0. The molecule has 0 spiro atoms. The van der Waals surface area contributed by atoms with Gasteiger partial charge in [0.1, 0.15) is 0 Å². The summed E-state index contributed by atoms with van der Waals surface area (Å²) in [6, 6.07) is 0. The molecular formula is H2HgI4K2. The summed E-state index contributed by atoms with van der Waals surface area (Å²) in [6.45, 7) is 0. The molecule has 0 aromatic heterocycles. The molecule has 0 nitrogen and oxygen atoms in total. The van der Waals surface area contributed by atoms with Crippen LogP contribution in [-0.2, 0) is 4.17 Å². The van der Waals surface area contributed by atoms with E-state index in [1.54, 1.807) is 0 Å². The molecule has 0 heterocycles. The van der Waals surface area contributed by atoms with E-state index in [4.69, 9.17) is 0 Å². The molecule has 0 aliphatic rings. The van der Waals surface area contributed by atoms with E-state index in [9.17, 15) is 0 Å². The van der Waals surface area contributed by atoms with Gasteiger partial charge in [-0.05, 0) is 0 Å². The first-order valence-corrected chi connectivity index (χ1v) is 62.9. The Morgan fingerprint density at radius 3 is 0.714 bits per heavy atom. The van der Waals surface area contributed by atoms with Crippen LogP contribution in [-0.4, -0.2) is 103 Å². The van der Waals surface area contributed by atoms with E-state index in [0.29, 0.717) is 0 Å². The van der Waals surface area contributed by atoms with Crippen molar-refractivity contribution in [3.05, 3.63) is 0 Å². The molecular weight excluding hydrogens is 786 g/mol. The van der Waals surface area contributed by atoms with Crippen LogP contribution in [0.1, 0.15) is 0 Å². The minimum atomic E-state index is -1.51. The molecule has 0 aromatic carbocycles. The predicted octanol–water partition coefficient (Wildman–Crippen LogP) is 2.24. The molecule has 0 aliphatic carbocycles. The van der Waals surface area contributed by atoms with Crippen molar-refractivity contribution in [3.63, 3.8) is 0 Å². The first-order valence-electron chi connectivity index (χ1n) is 1.07. The molecule has 7 heteroatoms. The van der Waals surface area contributed by atoms with Crippen LogP contribution in [0.4, 0.5) is 0 Å². The zero-order chi connectivity index (χ0) is 4.50. The Hall–Kier alpha value is 7.13. The van der Waals surface area contributed by atoms with Gasteiger partial charge < -0.3 is 0 Å². The Kier molecular flexibility index (Phi) is 31.5. The maximum absolute atomic E-state index is 2.57. The predicted molar refractivity (Wildman–Crippen MR) is 70.4 cm³/mol. The van der Waals surface area contributed by atoms with Gasteiger partial charge in [0.2, 0.25) is 0 Å². The average Bonchev–Trinajstić information content (AvgIpc) is 0.722. The van der Waals surface area contributed by atoms with Crippen molar-refractivity contribution in [2.75, 3.05) is 0 Å². The van der Waals surface area contributed by atoms with Crippen LogP contribution >= 0.6 is 70.7 Å². The first kappa shape index (κ1) is 19.7. The Balaban J connectivity index is -0.0000000800. The van der Waals surface area contributed by atoms with Gasteiger partial charge in [-0.3, -0.25) is 0 Å². The van der Waals surface area contributed by atoms with Crippen LogP contribution in [0.2, 0.25) is 0 Å². The second kappa shape index (κ2) is 11.2. The standard InChI is InChI=1S/Hg.4HI.2K.2H/h;4*1H;;;;/q+4;;;;;;;;/p-4. The molecule has 0 fully saturated rings. The summed E-state index contributed by atoms with van der Waals surface area (Å²) in [7, 11) is 0. The third-order valence-corrected chi connectivity index (χ3v) is 0. The van der Waals surface area contributed by atoms with Crippen molar-refractivity contribution in [2.45, 2.75) is 0 Å². The minimum absolute atomic E-state index is 0. The van der Waals surface area contributed by atoms with Gasteiger partial charge >= 0.3 is 178 Å². The van der Waals surface area contributed by atoms with Gasteiger partial charge in [-0.25, -0.2) is 0 Å². The number of rotatable bonds is 0. The summed E-state index contributed by atoms with van der Waals surface area (Å²) in [6.07, 6.45) is 0. The van der Waals surface area contributed by atoms with E-state index in [-0.39, 0.29) is 103 Å². The molecule has 0 unspecified atom stereocenters. The fourth-order valence-corrected chi connectivity index (χ4v) is 0. The zero-order valence-corrected chi connectivity index (χ0v) is 16.3. The van der Waals surface area contributed by atoms with Crippen LogP contribution in [0, 0.1) is 0 Å². The number of halogens is 4. The van der Waals surface area contributed by atoms with Gasteiger partial charge in [-0.1, -0.05) is 0 Å². The van der Waals surface area contributed by atoms with Gasteiger partial charge in [0, 0.05) is 0 Å². The van der Waals surface area contributed by atoms with Crippen LogP contribution in [0.15, 0.2) is 0 Å². The quantitative estimate of drug-likeness (QED) is 0.262. The van der Waals surface area contributed by atoms with Crippen LogP contribution in [0.5, 0.6) is 0 Å². The van der Waals surface area contributed by atoms with Crippen molar-refractivity contribution in [1.82, 2.24) is 0 Å². The third kappa shape index (κ3) is 32.0. The summed E-state index contributed by atoms with van der Waals surface area (Å²) >= 11 is 10.3. The van der Waals surface area contributed by atoms with E-state index >= 15 is 0 Å². The molecule has 0 N–H and O–H groups in total. The van der Waals surface area contributed by atoms with Crippen molar-refractivity contribution in [2.24, 2.45) is 0 Å². The molecule has 0 aromatic rings. The molecule has 0 amide bonds. The SMILES string of the molecule is [I][Hg]([I])([I])[I].[KH].[KH]. The topological polar surface area (TPSA) is 0 Å². The Morgan fingerprint density at radius 1 is 0.714 bits per heavy atom. The molecule has 0 bridgehead atoms. The van der Waals surface area contributed by atoms with Gasteiger partial charge in [0.25, 0.3) is 0 Å². The van der Waals surface area contributed by atoms with E-state index < -0.39 is 4.17 Å². The monoisotopic (exact) mass is 790 g/mol. The van der Waals surface area contributed by atoms with Gasteiger partial charge in [-0.15, -0.1) is 0 Å². The number of hydrogen-bond acceptors (Lipinski definition) is 0. The van der Waals surface area contributed by atoms with Gasteiger partial charge in [-0.2, -0.15) is 0 Å². The summed E-state index contributed by atoms with van der Waals surface area (Å²) in [4.78, 5) is 0. The zero-order valence-electron chi connectivity index (χ0n) is 2.22. The second-order valence-electron chi connectivity index (χ2n) is 0.606. The Bertz CT molecular complexity index is 25.2. The average molecular weight is 788 g/mol. The van der Waals surface area contributed by atoms with Crippen molar-refractivity contribution < 1.29 is 4.17 Å². The van der Waals surface area contributed by atoms with Crippen molar-refractivity contribution in [3.8, 4) is 0 Å². The normalized spacial score (nSPS) is 6.29. The molecule has 0 aliphatic heterocycles. The van der Waals surface area contributed by atoms with E-state index in [0.717, 1.165) is 0 Å². The first-order chi connectivity index (χ1) is 2.00. The van der Waals surface area contributed by atoms with E-state index in [1.807, 2.05) is 0 Å². The Morgan fingerprint density at radius 2 is 0.714 bits per heavy atom. The Labute approximate surface area is 170 Å². The van der Waals surface area contributed by atoms with Crippen LogP contribution in [0.3, 0.4) is 0 Å². The third-order valence-electron chi connectivity index (χ3n) is 0. The fraction of sp³-hybridized carbons (Fsp3) is 0. The summed E-state index contributed by atoms with van der Waals surface area (Å²) in [5.41, 5.74) is 0. The van der Waals surface area contributed by atoms with Crippen molar-refractivity contribution in [1.29, 1.82) is 0 Å². The van der Waals surface area contributed by atoms with Crippen LogP contribution < -0.4 is 0 Å². The maximum atomic E-state index is 2.57. The summed E-state index contributed by atoms with van der Waals surface area (Å²) in [5.74, 6) is 0. The molecule has 0 saturated carbocycles. The van der Waals surface area contributed by atoms with Gasteiger partial charge in [0.15, 0.2) is 0 Å². The summed E-state index contributed by atoms with van der Waals surface area (Å²) < 4.78 is -1.51. The van der Waals surface area contributed by atoms with E-state index in [2.05, 4.69) is 70.7 Å². The summed E-state index contributed by atoms with van der Waals surface area (Å²) in [5, 5.41) is 0.